The molecule has 2 unspecified atom stereocenters. The van der Waals surface area contributed by atoms with E-state index in [0.29, 0.717) is 12.3 Å². The summed E-state index contributed by atoms with van der Waals surface area (Å²) in [5.74, 6) is -1.52. The van der Waals surface area contributed by atoms with Gasteiger partial charge >= 0.3 is 5.97 Å². The summed E-state index contributed by atoms with van der Waals surface area (Å²) in [4.78, 5) is 10.7. The fourth-order valence-corrected chi connectivity index (χ4v) is 3.14. The van der Waals surface area contributed by atoms with Crippen molar-refractivity contribution in [3.05, 3.63) is 0 Å². The number of nitrogens with zero attached hydrogens (tertiary/aromatic N) is 1. The Morgan fingerprint density at radius 1 is 1.32 bits per heavy atom. The Morgan fingerprint density at radius 2 is 1.84 bits per heavy atom. The second-order valence-electron chi connectivity index (χ2n) is 5.29. The quantitative estimate of drug-likeness (QED) is 0.687. The molecular formula is C12H25NO5S. The van der Waals surface area contributed by atoms with E-state index in [1.165, 1.54) is 21.1 Å². The highest BCUT2D eigenvalue weighted by atomic mass is 32.2. The fraction of sp³-hybridized carbons (Fsp3) is 0.917. The lowest BCUT2D eigenvalue weighted by Gasteiger charge is -2.23. The average molecular weight is 295 g/mol. The van der Waals surface area contributed by atoms with Crippen molar-refractivity contribution < 1.29 is 23.1 Å². The molecule has 0 aliphatic rings. The third kappa shape index (κ3) is 6.89. The molecule has 0 saturated heterocycles. The minimum absolute atomic E-state index is 0.0320. The molecular weight excluding hydrogens is 270 g/mol. The van der Waals surface area contributed by atoms with Crippen LogP contribution in [-0.4, -0.2) is 56.4 Å². The van der Waals surface area contributed by atoms with Crippen LogP contribution in [0.1, 0.15) is 27.2 Å². The van der Waals surface area contributed by atoms with E-state index in [1.807, 2.05) is 13.8 Å². The highest BCUT2D eigenvalue weighted by Gasteiger charge is 2.26. The average Bonchev–Trinajstić information content (AvgIpc) is 2.26. The zero-order valence-electron chi connectivity index (χ0n) is 12.3. The van der Waals surface area contributed by atoms with E-state index in [4.69, 9.17) is 9.84 Å². The summed E-state index contributed by atoms with van der Waals surface area (Å²) in [6.45, 7) is 5.44. The third-order valence-electron chi connectivity index (χ3n) is 2.89. The van der Waals surface area contributed by atoms with E-state index in [0.717, 1.165) is 4.31 Å². The van der Waals surface area contributed by atoms with Gasteiger partial charge in [-0.05, 0) is 12.3 Å². The SMILES string of the molecule is COC(CC(C)C)CS(=O)(=O)N(C)CC(C)C(=O)O. The number of aliphatic carboxylic acids is 1. The van der Waals surface area contributed by atoms with Gasteiger partial charge in [0, 0.05) is 20.7 Å². The van der Waals surface area contributed by atoms with Crippen molar-refractivity contribution in [1.82, 2.24) is 4.31 Å². The Balaban J connectivity index is 4.63. The number of hydrogen-bond acceptors (Lipinski definition) is 4. The number of hydrogen-bond donors (Lipinski definition) is 1. The second kappa shape index (κ2) is 7.81. The van der Waals surface area contributed by atoms with Gasteiger partial charge in [0.15, 0.2) is 0 Å². The van der Waals surface area contributed by atoms with Crippen LogP contribution in [0.25, 0.3) is 0 Å². The number of carboxylic acids is 1. The smallest absolute Gasteiger partial charge is 0.307 e. The van der Waals surface area contributed by atoms with Gasteiger partial charge in [-0.15, -0.1) is 0 Å². The number of ether oxygens (including phenoxy) is 1. The molecule has 114 valence electrons. The summed E-state index contributed by atoms with van der Waals surface area (Å²) in [6.07, 6.45) is 0.283. The first-order valence-corrected chi connectivity index (χ1v) is 7.90. The van der Waals surface area contributed by atoms with Crippen LogP contribution in [0.15, 0.2) is 0 Å². The van der Waals surface area contributed by atoms with Gasteiger partial charge in [-0.1, -0.05) is 20.8 Å². The van der Waals surface area contributed by atoms with Gasteiger partial charge in [-0.2, -0.15) is 0 Å². The molecule has 0 amide bonds. The first-order chi connectivity index (χ1) is 8.60. The topological polar surface area (TPSA) is 83.9 Å². The second-order valence-corrected chi connectivity index (χ2v) is 7.41. The van der Waals surface area contributed by atoms with Crippen LogP contribution in [0.2, 0.25) is 0 Å². The molecule has 2 atom stereocenters. The molecule has 6 nitrogen and oxygen atoms in total. The van der Waals surface area contributed by atoms with E-state index in [2.05, 4.69) is 0 Å². The van der Waals surface area contributed by atoms with E-state index in [1.54, 1.807) is 0 Å². The number of sulfonamides is 1. The first-order valence-electron chi connectivity index (χ1n) is 6.29. The van der Waals surface area contributed by atoms with Crippen LogP contribution < -0.4 is 0 Å². The molecule has 0 spiro atoms. The van der Waals surface area contributed by atoms with Crippen molar-refractivity contribution in [2.75, 3.05) is 26.5 Å². The van der Waals surface area contributed by atoms with Gasteiger partial charge in [0.05, 0.1) is 17.8 Å². The van der Waals surface area contributed by atoms with Crippen LogP contribution in [0, 0.1) is 11.8 Å². The summed E-state index contributed by atoms with van der Waals surface area (Å²) in [6, 6.07) is 0. The van der Waals surface area contributed by atoms with Gasteiger partial charge in [0.1, 0.15) is 0 Å². The Morgan fingerprint density at radius 3 is 2.21 bits per heavy atom. The molecule has 0 aromatic heterocycles. The van der Waals surface area contributed by atoms with Crippen molar-refractivity contribution in [3.8, 4) is 0 Å². The minimum Gasteiger partial charge on any atom is -0.481 e. The summed E-state index contributed by atoms with van der Waals surface area (Å²) < 4.78 is 30.5. The van der Waals surface area contributed by atoms with Gasteiger partial charge in [-0.3, -0.25) is 4.79 Å². The Bertz CT molecular complexity index is 380. The summed E-state index contributed by atoms with van der Waals surface area (Å²) in [7, 11) is -0.613. The van der Waals surface area contributed by atoms with Crippen LogP contribution in [-0.2, 0) is 19.6 Å². The van der Waals surface area contributed by atoms with Crippen LogP contribution in [0.3, 0.4) is 0 Å². The molecule has 0 fully saturated rings. The van der Waals surface area contributed by atoms with Crippen molar-refractivity contribution in [2.24, 2.45) is 11.8 Å². The maximum Gasteiger partial charge on any atom is 0.307 e. The predicted octanol–water partition coefficient (Wildman–Crippen LogP) is 1.03. The van der Waals surface area contributed by atoms with Crippen molar-refractivity contribution in [3.63, 3.8) is 0 Å². The van der Waals surface area contributed by atoms with E-state index in [9.17, 15) is 13.2 Å². The summed E-state index contributed by atoms with van der Waals surface area (Å²) in [5, 5.41) is 8.80. The molecule has 0 aliphatic carbocycles. The Kier molecular flexibility index (Phi) is 7.54. The molecule has 19 heavy (non-hydrogen) atoms. The number of carboxylic acid groups (broad SMARTS) is 1. The normalized spacial score (nSPS) is 15.7. The van der Waals surface area contributed by atoms with Crippen molar-refractivity contribution >= 4 is 16.0 Å². The lowest BCUT2D eigenvalue weighted by molar-refractivity contribution is -0.141. The standard InChI is InChI=1S/C12H25NO5S/c1-9(2)6-11(18-5)8-19(16,17)13(4)7-10(3)12(14)15/h9-11H,6-8H2,1-5H3,(H,14,15). The summed E-state index contributed by atoms with van der Waals surface area (Å²) >= 11 is 0. The predicted molar refractivity (Wildman–Crippen MR) is 73.5 cm³/mol. The van der Waals surface area contributed by atoms with Crippen molar-refractivity contribution in [1.29, 1.82) is 0 Å². The van der Waals surface area contributed by atoms with Gasteiger partial charge in [0.25, 0.3) is 0 Å². The molecule has 0 bridgehead atoms. The molecule has 0 aliphatic heterocycles. The van der Waals surface area contributed by atoms with Crippen LogP contribution in [0.5, 0.6) is 0 Å². The number of carbonyl (C=O) groups is 1. The lowest BCUT2D eigenvalue weighted by Crippen LogP contribution is -2.38. The molecule has 0 heterocycles. The van der Waals surface area contributed by atoms with E-state index in [-0.39, 0.29) is 18.4 Å². The molecule has 7 heteroatoms. The molecule has 0 aromatic carbocycles. The fourth-order valence-electron chi connectivity index (χ4n) is 1.70. The molecule has 0 rings (SSSR count). The number of rotatable bonds is 9. The monoisotopic (exact) mass is 295 g/mol. The summed E-state index contributed by atoms with van der Waals surface area (Å²) in [5.41, 5.74) is 0. The number of methoxy groups -OCH3 is 1. The Hall–Kier alpha value is -0.660. The Labute approximate surface area is 115 Å². The zero-order chi connectivity index (χ0) is 15.2. The lowest BCUT2D eigenvalue weighted by atomic mass is 10.1. The van der Waals surface area contributed by atoms with Gasteiger partial charge in [-0.25, -0.2) is 12.7 Å². The molecule has 0 radical (unpaired) electrons. The van der Waals surface area contributed by atoms with Crippen LogP contribution in [0.4, 0.5) is 0 Å². The molecule has 0 saturated carbocycles. The highest BCUT2D eigenvalue weighted by molar-refractivity contribution is 7.89. The van der Waals surface area contributed by atoms with Crippen LogP contribution >= 0.6 is 0 Å². The highest BCUT2D eigenvalue weighted by Crippen LogP contribution is 2.13. The zero-order valence-corrected chi connectivity index (χ0v) is 13.1. The molecule has 0 aromatic rings. The van der Waals surface area contributed by atoms with Crippen molar-refractivity contribution in [2.45, 2.75) is 33.3 Å². The first kappa shape index (κ1) is 18.3. The largest absolute Gasteiger partial charge is 0.481 e. The molecule has 1 N–H and O–H groups in total. The minimum atomic E-state index is -3.50. The van der Waals surface area contributed by atoms with E-state index >= 15 is 0 Å². The third-order valence-corrected chi connectivity index (χ3v) is 4.78. The van der Waals surface area contributed by atoms with Gasteiger partial charge in [0.2, 0.25) is 10.0 Å². The maximum absolute atomic E-state index is 12.1. The maximum atomic E-state index is 12.1. The van der Waals surface area contributed by atoms with Gasteiger partial charge < -0.3 is 9.84 Å². The van der Waals surface area contributed by atoms with E-state index < -0.39 is 21.9 Å².